The highest BCUT2D eigenvalue weighted by Crippen LogP contribution is 2.29. The van der Waals surface area contributed by atoms with Gasteiger partial charge in [0, 0.05) is 23.7 Å². The fraction of sp³-hybridized carbons (Fsp3) is 0.292. The van der Waals surface area contributed by atoms with Gasteiger partial charge >= 0.3 is 0 Å². The van der Waals surface area contributed by atoms with E-state index in [1.54, 1.807) is 0 Å². The van der Waals surface area contributed by atoms with E-state index in [1.807, 2.05) is 66.7 Å². The number of ether oxygens (including phenoxy) is 1. The maximum Gasteiger partial charge on any atom is 0.251 e. The second-order valence-electron chi connectivity index (χ2n) is 7.86. The molecular formula is C24H24N2O2. The molecule has 2 aliphatic heterocycles. The third-order valence-electron chi connectivity index (χ3n) is 5.94. The molecule has 4 heteroatoms. The number of fused-ring (bicyclic) bond motifs is 3. The van der Waals surface area contributed by atoms with E-state index in [0.29, 0.717) is 24.3 Å². The Bertz CT molecular complexity index is 1000. The van der Waals surface area contributed by atoms with Gasteiger partial charge in [0.15, 0.2) is 0 Å². The van der Waals surface area contributed by atoms with Crippen molar-refractivity contribution < 1.29 is 9.53 Å². The predicted octanol–water partition coefficient (Wildman–Crippen LogP) is 4.04. The summed E-state index contributed by atoms with van der Waals surface area (Å²) < 4.78 is 5.93. The van der Waals surface area contributed by atoms with E-state index < -0.39 is 0 Å². The van der Waals surface area contributed by atoms with Gasteiger partial charge in [0.05, 0.1) is 0 Å². The van der Waals surface area contributed by atoms with Gasteiger partial charge in [0.2, 0.25) is 0 Å². The molecular weight excluding hydrogens is 348 g/mol. The summed E-state index contributed by atoms with van der Waals surface area (Å²) in [5, 5.41) is 8.91. The van der Waals surface area contributed by atoms with Crippen LogP contribution in [0.5, 0.6) is 5.75 Å². The Morgan fingerprint density at radius 3 is 2.64 bits per heavy atom. The lowest BCUT2D eigenvalue weighted by Gasteiger charge is -2.21. The molecule has 3 atom stereocenters. The van der Waals surface area contributed by atoms with Gasteiger partial charge in [-0.15, -0.1) is 0 Å². The number of benzene rings is 3. The van der Waals surface area contributed by atoms with Crippen molar-refractivity contribution in [1.29, 1.82) is 0 Å². The molecule has 0 unspecified atom stereocenters. The Morgan fingerprint density at radius 1 is 1.00 bits per heavy atom. The van der Waals surface area contributed by atoms with E-state index in [0.717, 1.165) is 34.9 Å². The van der Waals surface area contributed by atoms with Crippen LogP contribution in [-0.2, 0) is 6.61 Å². The molecule has 2 aliphatic rings. The van der Waals surface area contributed by atoms with Crippen LogP contribution in [0.25, 0.3) is 10.8 Å². The van der Waals surface area contributed by atoms with Crippen molar-refractivity contribution in [3.05, 3.63) is 77.9 Å². The van der Waals surface area contributed by atoms with Crippen molar-refractivity contribution in [2.45, 2.75) is 44.0 Å². The molecule has 0 spiro atoms. The fourth-order valence-electron chi connectivity index (χ4n) is 4.43. The second kappa shape index (κ2) is 7.28. The molecule has 3 aromatic rings. The highest BCUT2D eigenvalue weighted by molar-refractivity contribution is 5.99. The molecule has 142 valence electrons. The molecule has 2 fully saturated rings. The minimum atomic E-state index is 0.0110. The molecule has 3 aromatic carbocycles. The van der Waals surface area contributed by atoms with Crippen molar-refractivity contribution in [3.63, 3.8) is 0 Å². The summed E-state index contributed by atoms with van der Waals surface area (Å²) in [4.78, 5) is 12.7. The lowest BCUT2D eigenvalue weighted by atomic mass is 9.95. The monoisotopic (exact) mass is 372 g/mol. The first-order valence-corrected chi connectivity index (χ1v) is 10.0. The Kier molecular flexibility index (Phi) is 4.49. The largest absolute Gasteiger partial charge is 0.489 e. The first kappa shape index (κ1) is 17.3. The van der Waals surface area contributed by atoms with Crippen molar-refractivity contribution in [2.24, 2.45) is 0 Å². The topological polar surface area (TPSA) is 50.4 Å². The molecule has 0 radical (unpaired) electrons. The van der Waals surface area contributed by atoms with Crippen molar-refractivity contribution in [1.82, 2.24) is 10.6 Å². The van der Waals surface area contributed by atoms with Gasteiger partial charge < -0.3 is 15.4 Å². The smallest absolute Gasteiger partial charge is 0.251 e. The summed E-state index contributed by atoms with van der Waals surface area (Å²) in [6.45, 7) is 0.532. The number of hydrogen-bond acceptors (Lipinski definition) is 3. The van der Waals surface area contributed by atoms with Gasteiger partial charge in [-0.1, -0.05) is 42.5 Å². The highest BCUT2D eigenvalue weighted by Gasteiger charge is 2.39. The summed E-state index contributed by atoms with van der Waals surface area (Å²) in [7, 11) is 0. The second-order valence-corrected chi connectivity index (χ2v) is 7.86. The number of hydrogen-bond donors (Lipinski definition) is 2. The number of nitrogens with one attached hydrogen (secondary N) is 2. The first-order chi connectivity index (χ1) is 13.7. The molecule has 2 bridgehead atoms. The van der Waals surface area contributed by atoms with Crippen LogP contribution < -0.4 is 15.4 Å². The maximum atomic E-state index is 12.7. The van der Waals surface area contributed by atoms with Crippen molar-refractivity contribution in [3.8, 4) is 5.75 Å². The normalized spacial score (nSPS) is 23.1. The number of amides is 1. The third-order valence-corrected chi connectivity index (χ3v) is 5.94. The van der Waals surface area contributed by atoms with E-state index in [-0.39, 0.29) is 11.9 Å². The van der Waals surface area contributed by atoms with E-state index in [1.165, 1.54) is 6.42 Å². The zero-order chi connectivity index (χ0) is 18.9. The summed E-state index contributed by atoms with van der Waals surface area (Å²) in [6.07, 6.45) is 3.44. The van der Waals surface area contributed by atoms with Gasteiger partial charge in [-0.05, 0) is 59.9 Å². The SMILES string of the molecule is O=C(N[C@@H]1C[C@H]2CC[C@@H]1N2)c1ccc2ccc(OCc3ccccc3)cc2c1. The van der Waals surface area contributed by atoms with E-state index >= 15 is 0 Å². The zero-order valence-corrected chi connectivity index (χ0v) is 15.7. The fourth-order valence-corrected chi connectivity index (χ4v) is 4.43. The van der Waals surface area contributed by atoms with Crippen LogP contribution in [0.1, 0.15) is 35.2 Å². The van der Waals surface area contributed by atoms with Crippen molar-refractivity contribution >= 4 is 16.7 Å². The summed E-state index contributed by atoms with van der Waals surface area (Å²) in [5.74, 6) is 0.822. The highest BCUT2D eigenvalue weighted by atomic mass is 16.5. The van der Waals surface area contributed by atoms with Crippen molar-refractivity contribution in [2.75, 3.05) is 0 Å². The zero-order valence-electron chi connectivity index (χ0n) is 15.7. The third kappa shape index (κ3) is 3.48. The van der Waals surface area contributed by atoms with Crippen LogP contribution in [-0.4, -0.2) is 24.0 Å². The van der Waals surface area contributed by atoms with E-state index in [9.17, 15) is 4.79 Å². The van der Waals surface area contributed by atoms with E-state index in [4.69, 9.17) is 4.74 Å². The molecule has 0 aromatic heterocycles. The molecule has 0 saturated carbocycles. The quantitative estimate of drug-likeness (QED) is 0.711. The molecule has 2 saturated heterocycles. The van der Waals surface area contributed by atoms with Crippen LogP contribution in [0, 0.1) is 0 Å². The molecule has 2 heterocycles. The molecule has 28 heavy (non-hydrogen) atoms. The first-order valence-electron chi connectivity index (χ1n) is 10.0. The molecule has 5 rings (SSSR count). The van der Waals surface area contributed by atoms with Crippen LogP contribution in [0.15, 0.2) is 66.7 Å². The van der Waals surface area contributed by atoms with Crippen LogP contribution in [0.3, 0.4) is 0 Å². The van der Waals surface area contributed by atoms with E-state index in [2.05, 4.69) is 10.6 Å². The van der Waals surface area contributed by atoms with Gasteiger partial charge in [-0.3, -0.25) is 4.79 Å². The minimum absolute atomic E-state index is 0.0110. The van der Waals surface area contributed by atoms with Gasteiger partial charge in [-0.2, -0.15) is 0 Å². The number of carbonyl (C=O) groups excluding carboxylic acids is 1. The average molecular weight is 372 g/mol. The molecule has 4 nitrogen and oxygen atoms in total. The standard InChI is InChI=1S/C24H24N2O2/c27-24(26-23-14-20-9-11-22(23)25-20)18-7-6-17-8-10-21(13-19(17)12-18)28-15-16-4-2-1-3-5-16/h1-8,10,12-13,20,22-23,25H,9,11,14-15H2,(H,26,27)/t20-,22+,23-/m1/s1. The Labute approximate surface area is 164 Å². The van der Waals surface area contributed by atoms with Crippen LogP contribution in [0.2, 0.25) is 0 Å². The molecule has 1 amide bonds. The Morgan fingerprint density at radius 2 is 1.86 bits per heavy atom. The summed E-state index contributed by atoms with van der Waals surface area (Å²) in [5.41, 5.74) is 1.84. The predicted molar refractivity (Wildman–Crippen MR) is 111 cm³/mol. The van der Waals surface area contributed by atoms with Gasteiger partial charge in [-0.25, -0.2) is 0 Å². The number of rotatable bonds is 5. The van der Waals surface area contributed by atoms with Gasteiger partial charge in [0.25, 0.3) is 5.91 Å². The summed E-state index contributed by atoms with van der Waals surface area (Å²) in [6, 6.07) is 23.3. The Hall–Kier alpha value is -2.85. The Balaban J connectivity index is 1.30. The molecule has 2 N–H and O–H groups in total. The average Bonchev–Trinajstić information content (AvgIpc) is 3.35. The van der Waals surface area contributed by atoms with Crippen LogP contribution in [0.4, 0.5) is 0 Å². The lowest BCUT2D eigenvalue weighted by Crippen LogP contribution is -2.42. The van der Waals surface area contributed by atoms with Gasteiger partial charge in [0.1, 0.15) is 12.4 Å². The van der Waals surface area contributed by atoms with Crippen LogP contribution >= 0.6 is 0 Å². The minimum Gasteiger partial charge on any atom is -0.489 e. The maximum absolute atomic E-state index is 12.7. The summed E-state index contributed by atoms with van der Waals surface area (Å²) >= 11 is 0. The molecule has 0 aliphatic carbocycles. The lowest BCUT2D eigenvalue weighted by molar-refractivity contribution is 0.0931. The number of carbonyl (C=O) groups is 1.